The van der Waals surface area contributed by atoms with Gasteiger partial charge in [0, 0.05) is 10.7 Å². The molecule has 0 bridgehead atoms. The highest BCUT2D eigenvalue weighted by Crippen LogP contribution is 2.20. The second-order valence-electron chi connectivity index (χ2n) is 3.21. The molecule has 5 nitrogen and oxygen atoms in total. The van der Waals surface area contributed by atoms with Crippen LogP contribution in [0.4, 0.5) is 5.69 Å². The lowest BCUT2D eigenvalue weighted by Crippen LogP contribution is -2.20. The second-order valence-corrected chi connectivity index (χ2v) is 3.65. The molecule has 0 fully saturated rings. The van der Waals surface area contributed by atoms with Gasteiger partial charge in [0.1, 0.15) is 6.54 Å². The number of benzene rings is 1. The molecule has 92 valence electrons. The molecule has 0 radical (unpaired) electrons. The molecule has 1 rings (SSSR count). The first-order valence-corrected chi connectivity index (χ1v) is 5.41. The highest BCUT2D eigenvalue weighted by molar-refractivity contribution is 6.31. The molecule has 0 aliphatic carbocycles. The molecule has 6 heteroatoms. The van der Waals surface area contributed by atoms with E-state index in [1.165, 1.54) is 6.07 Å². The molecule has 0 aliphatic heterocycles. The molecular weight excluding hydrogens is 244 g/mol. The minimum atomic E-state index is -0.612. The molecule has 0 aliphatic rings. The Morgan fingerprint density at radius 2 is 2.18 bits per heavy atom. The third-order valence-electron chi connectivity index (χ3n) is 1.98. The third-order valence-corrected chi connectivity index (χ3v) is 2.21. The Hall–Kier alpha value is -1.75. The molecular formula is C11H13ClN2O3. The number of anilines is 1. The van der Waals surface area contributed by atoms with Crippen molar-refractivity contribution in [3.05, 3.63) is 28.8 Å². The van der Waals surface area contributed by atoms with Crippen molar-refractivity contribution in [3.63, 3.8) is 0 Å². The molecule has 3 N–H and O–H groups in total. The Morgan fingerprint density at radius 1 is 1.47 bits per heavy atom. The van der Waals surface area contributed by atoms with Gasteiger partial charge in [0.15, 0.2) is 0 Å². The number of halogens is 1. The third kappa shape index (κ3) is 3.96. The number of amides is 1. The van der Waals surface area contributed by atoms with E-state index in [1.807, 2.05) is 0 Å². The van der Waals surface area contributed by atoms with Gasteiger partial charge in [-0.15, -0.1) is 0 Å². The number of ether oxygens (including phenoxy) is 1. The molecule has 1 aromatic carbocycles. The number of primary amides is 1. The summed E-state index contributed by atoms with van der Waals surface area (Å²) < 4.78 is 4.74. The summed E-state index contributed by atoms with van der Waals surface area (Å²) in [6.07, 6.45) is 0. The number of nitrogens with one attached hydrogen (secondary N) is 1. The van der Waals surface area contributed by atoms with Gasteiger partial charge in [0.2, 0.25) is 0 Å². The summed E-state index contributed by atoms with van der Waals surface area (Å²) in [6, 6.07) is 4.63. The second kappa shape index (κ2) is 6.10. The molecule has 0 heterocycles. The SMILES string of the molecule is CCOC(=O)CNc1ccc(Cl)cc1C(N)=O. The van der Waals surface area contributed by atoms with E-state index in [4.69, 9.17) is 22.1 Å². The molecule has 0 atom stereocenters. The minimum absolute atomic E-state index is 0.0320. The van der Waals surface area contributed by atoms with Crippen molar-refractivity contribution in [1.29, 1.82) is 0 Å². The summed E-state index contributed by atoms with van der Waals surface area (Å²) in [6.45, 7) is 1.99. The number of hydrogen-bond donors (Lipinski definition) is 2. The molecule has 0 saturated carbocycles. The number of carbonyl (C=O) groups excluding carboxylic acids is 2. The lowest BCUT2D eigenvalue weighted by Gasteiger charge is -2.09. The van der Waals surface area contributed by atoms with E-state index in [2.05, 4.69) is 5.32 Å². The molecule has 1 aromatic rings. The predicted molar refractivity (Wildman–Crippen MR) is 65.1 cm³/mol. The Morgan fingerprint density at radius 3 is 2.76 bits per heavy atom. The number of esters is 1. The van der Waals surface area contributed by atoms with Crippen molar-refractivity contribution in [2.75, 3.05) is 18.5 Å². The monoisotopic (exact) mass is 256 g/mol. The Balaban J connectivity index is 2.77. The van der Waals surface area contributed by atoms with Crippen LogP contribution in [0.3, 0.4) is 0 Å². The zero-order valence-electron chi connectivity index (χ0n) is 9.33. The Labute approximate surface area is 104 Å². The number of hydrogen-bond acceptors (Lipinski definition) is 4. The maximum atomic E-state index is 11.2. The van der Waals surface area contributed by atoms with Crippen LogP contribution in [0.15, 0.2) is 18.2 Å². The molecule has 17 heavy (non-hydrogen) atoms. The summed E-state index contributed by atoms with van der Waals surface area (Å²) in [5.74, 6) is -1.02. The van der Waals surface area contributed by atoms with E-state index in [-0.39, 0.29) is 12.1 Å². The topological polar surface area (TPSA) is 81.4 Å². The number of rotatable bonds is 5. The van der Waals surface area contributed by atoms with Gasteiger partial charge in [-0.2, -0.15) is 0 Å². The van der Waals surface area contributed by atoms with Gasteiger partial charge in [-0.25, -0.2) is 0 Å². The quantitative estimate of drug-likeness (QED) is 0.781. The minimum Gasteiger partial charge on any atom is -0.465 e. The first kappa shape index (κ1) is 13.3. The zero-order valence-corrected chi connectivity index (χ0v) is 10.1. The van der Waals surface area contributed by atoms with Gasteiger partial charge >= 0.3 is 5.97 Å². The van der Waals surface area contributed by atoms with Crippen LogP contribution in [0.2, 0.25) is 5.02 Å². The maximum absolute atomic E-state index is 11.2. The van der Waals surface area contributed by atoms with Crippen LogP contribution in [0, 0.1) is 0 Å². The number of carbonyl (C=O) groups is 2. The predicted octanol–water partition coefficient (Wildman–Crippen LogP) is 1.41. The lowest BCUT2D eigenvalue weighted by atomic mass is 10.1. The maximum Gasteiger partial charge on any atom is 0.325 e. The fraction of sp³-hybridized carbons (Fsp3) is 0.273. The molecule has 1 amide bonds. The van der Waals surface area contributed by atoms with Gasteiger partial charge in [-0.3, -0.25) is 9.59 Å². The van der Waals surface area contributed by atoms with E-state index < -0.39 is 11.9 Å². The highest BCUT2D eigenvalue weighted by Gasteiger charge is 2.10. The zero-order chi connectivity index (χ0) is 12.8. The summed E-state index contributed by atoms with van der Waals surface area (Å²) in [5, 5.41) is 3.18. The van der Waals surface area contributed by atoms with Crippen LogP contribution in [0.25, 0.3) is 0 Å². The standard InChI is InChI=1S/C11H13ClN2O3/c1-2-17-10(15)6-14-9-4-3-7(12)5-8(9)11(13)16/h3-5,14H,2,6H2,1H3,(H2,13,16). The van der Waals surface area contributed by atoms with Crippen molar-refractivity contribution in [2.24, 2.45) is 5.73 Å². The van der Waals surface area contributed by atoms with Gasteiger partial charge in [0.25, 0.3) is 5.91 Å². The first-order chi connectivity index (χ1) is 8.04. The molecule has 0 spiro atoms. The van der Waals surface area contributed by atoms with Crippen LogP contribution in [-0.4, -0.2) is 25.0 Å². The Bertz CT molecular complexity index is 435. The smallest absolute Gasteiger partial charge is 0.325 e. The summed E-state index contributed by atoms with van der Waals surface area (Å²) in [5.41, 5.74) is 5.89. The van der Waals surface area contributed by atoms with E-state index in [9.17, 15) is 9.59 Å². The summed E-state index contributed by atoms with van der Waals surface area (Å²) in [7, 11) is 0. The fourth-order valence-electron chi connectivity index (χ4n) is 1.25. The summed E-state index contributed by atoms with van der Waals surface area (Å²) in [4.78, 5) is 22.3. The van der Waals surface area contributed by atoms with E-state index in [1.54, 1.807) is 19.1 Å². The van der Waals surface area contributed by atoms with E-state index >= 15 is 0 Å². The largest absolute Gasteiger partial charge is 0.465 e. The average Bonchev–Trinajstić information content (AvgIpc) is 2.27. The van der Waals surface area contributed by atoms with Crippen molar-refractivity contribution >= 4 is 29.2 Å². The van der Waals surface area contributed by atoms with Gasteiger partial charge < -0.3 is 15.8 Å². The van der Waals surface area contributed by atoms with Crippen LogP contribution < -0.4 is 11.1 Å². The van der Waals surface area contributed by atoms with Crippen LogP contribution >= 0.6 is 11.6 Å². The van der Waals surface area contributed by atoms with E-state index in [0.29, 0.717) is 17.3 Å². The highest BCUT2D eigenvalue weighted by atomic mass is 35.5. The van der Waals surface area contributed by atoms with Crippen molar-refractivity contribution in [3.8, 4) is 0 Å². The van der Waals surface area contributed by atoms with Gasteiger partial charge in [0.05, 0.1) is 12.2 Å². The van der Waals surface area contributed by atoms with Gasteiger partial charge in [-0.1, -0.05) is 11.6 Å². The normalized spacial score (nSPS) is 9.76. The lowest BCUT2D eigenvalue weighted by molar-refractivity contribution is -0.140. The molecule has 0 saturated heterocycles. The van der Waals surface area contributed by atoms with Crippen molar-refractivity contribution in [1.82, 2.24) is 0 Å². The fourth-order valence-corrected chi connectivity index (χ4v) is 1.43. The van der Waals surface area contributed by atoms with E-state index in [0.717, 1.165) is 0 Å². The number of nitrogens with two attached hydrogens (primary N) is 1. The van der Waals surface area contributed by atoms with Gasteiger partial charge in [-0.05, 0) is 25.1 Å². The molecule has 0 aromatic heterocycles. The van der Waals surface area contributed by atoms with Crippen LogP contribution in [-0.2, 0) is 9.53 Å². The van der Waals surface area contributed by atoms with Crippen LogP contribution in [0.5, 0.6) is 0 Å². The molecule has 0 unspecified atom stereocenters. The Kier molecular flexibility index (Phi) is 4.78. The van der Waals surface area contributed by atoms with Crippen molar-refractivity contribution in [2.45, 2.75) is 6.92 Å². The van der Waals surface area contributed by atoms with Crippen molar-refractivity contribution < 1.29 is 14.3 Å². The first-order valence-electron chi connectivity index (χ1n) is 5.03. The summed E-state index contributed by atoms with van der Waals surface area (Å²) >= 11 is 5.75. The van der Waals surface area contributed by atoms with Crippen LogP contribution in [0.1, 0.15) is 17.3 Å². The average molecular weight is 257 g/mol.